The number of hydrogen-bond acceptors (Lipinski definition) is 3. The summed E-state index contributed by atoms with van der Waals surface area (Å²) in [7, 11) is 0. The number of allylic oxidation sites excluding steroid dienone is 1. The molecule has 1 aromatic rings. The van der Waals surface area contributed by atoms with Crippen molar-refractivity contribution in [3.05, 3.63) is 36.4 Å². The van der Waals surface area contributed by atoms with E-state index in [0.717, 1.165) is 12.0 Å². The van der Waals surface area contributed by atoms with Gasteiger partial charge in [-0.3, -0.25) is 4.79 Å². The predicted octanol–water partition coefficient (Wildman–Crippen LogP) is 2.68. The van der Waals surface area contributed by atoms with Gasteiger partial charge in [-0.25, -0.2) is 0 Å². The highest BCUT2D eigenvalue weighted by atomic mass is 16.5. The Bertz CT molecular complexity index is 481. The normalized spacial score (nSPS) is 10.9. The number of nitrogen functional groups attached to an aromatic ring is 1. The third-order valence-corrected chi connectivity index (χ3v) is 3.17. The Hall–Kier alpha value is -1.97. The van der Waals surface area contributed by atoms with E-state index >= 15 is 0 Å². The summed E-state index contributed by atoms with van der Waals surface area (Å²) in [6.07, 6.45) is 3.30. The highest BCUT2D eigenvalue weighted by Crippen LogP contribution is 2.22. The van der Waals surface area contributed by atoms with E-state index in [0.29, 0.717) is 17.9 Å². The minimum absolute atomic E-state index is 0.00249. The van der Waals surface area contributed by atoms with Crippen LogP contribution in [0.3, 0.4) is 0 Å². The smallest absolute Gasteiger partial charge is 0.258 e. The molecule has 0 saturated heterocycles. The van der Waals surface area contributed by atoms with Gasteiger partial charge in [-0.1, -0.05) is 13.0 Å². The number of ether oxygens (including phenoxy) is 1. The Morgan fingerprint density at radius 1 is 1.50 bits per heavy atom. The second-order valence-electron chi connectivity index (χ2n) is 5.43. The molecule has 0 spiro atoms. The molecule has 4 nitrogen and oxygen atoms in total. The maximum absolute atomic E-state index is 11.8. The van der Waals surface area contributed by atoms with Crippen LogP contribution in [0, 0.1) is 0 Å². The molecule has 3 N–H and O–H groups in total. The minimum Gasteiger partial charge on any atom is -0.483 e. The number of nitrogens with one attached hydrogen (secondary N) is 1. The van der Waals surface area contributed by atoms with Gasteiger partial charge in [-0.15, -0.1) is 6.58 Å². The third-order valence-electron chi connectivity index (χ3n) is 3.17. The van der Waals surface area contributed by atoms with Crippen LogP contribution >= 0.6 is 0 Å². The van der Waals surface area contributed by atoms with Crippen molar-refractivity contribution in [2.24, 2.45) is 0 Å². The summed E-state index contributed by atoms with van der Waals surface area (Å²) in [5.74, 6) is 0.543. The molecule has 1 rings (SSSR count). The maximum Gasteiger partial charge on any atom is 0.258 e. The fourth-order valence-electron chi connectivity index (χ4n) is 1.70. The number of nitrogens with two attached hydrogens (primary N) is 1. The van der Waals surface area contributed by atoms with Gasteiger partial charge in [0.2, 0.25) is 0 Å². The van der Waals surface area contributed by atoms with Gasteiger partial charge in [-0.05, 0) is 50.5 Å². The molecule has 0 aliphatic rings. The molecule has 0 aliphatic heterocycles. The van der Waals surface area contributed by atoms with Crippen molar-refractivity contribution in [1.29, 1.82) is 0 Å². The topological polar surface area (TPSA) is 64.3 Å². The van der Waals surface area contributed by atoms with Crippen molar-refractivity contribution in [1.82, 2.24) is 5.32 Å². The Morgan fingerprint density at radius 2 is 2.20 bits per heavy atom. The van der Waals surface area contributed by atoms with E-state index in [1.165, 1.54) is 0 Å². The number of rotatable bonds is 7. The standard InChI is InChI=1S/C16H24N2O2/c1-5-7-12-10-13(17)8-9-14(12)20-11-15(19)18-16(3,4)6-2/h5,8-10H,1,6-7,11,17H2,2-4H3,(H,18,19). The van der Waals surface area contributed by atoms with E-state index in [9.17, 15) is 4.79 Å². The number of carbonyl (C=O) groups is 1. The molecule has 0 fully saturated rings. The Labute approximate surface area is 121 Å². The lowest BCUT2D eigenvalue weighted by atomic mass is 10.0. The van der Waals surface area contributed by atoms with Gasteiger partial charge in [0.05, 0.1) is 0 Å². The van der Waals surface area contributed by atoms with E-state index in [2.05, 4.69) is 11.9 Å². The van der Waals surface area contributed by atoms with Crippen molar-refractivity contribution in [3.63, 3.8) is 0 Å². The average Bonchev–Trinajstić information content (AvgIpc) is 2.38. The lowest BCUT2D eigenvalue weighted by Crippen LogP contribution is -2.44. The first-order chi connectivity index (χ1) is 9.38. The highest BCUT2D eigenvalue weighted by Gasteiger charge is 2.18. The Morgan fingerprint density at radius 3 is 2.80 bits per heavy atom. The molecule has 0 heterocycles. The van der Waals surface area contributed by atoms with Crippen LogP contribution < -0.4 is 15.8 Å². The number of benzene rings is 1. The van der Waals surface area contributed by atoms with Crippen molar-refractivity contribution < 1.29 is 9.53 Å². The second-order valence-corrected chi connectivity index (χ2v) is 5.43. The lowest BCUT2D eigenvalue weighted by Gasteiger charge is -2.24. The summed E-state index contributed by atoms with van der Waals surface area (Å²) in [6, 6.07) is 5.38. The molecule has 0 unspecified atom stereocenters. The second kappa shape index (κ2) is 6.98. The van der Waals surface area contributed by atoms with E-state index < -0.39 is 0 Å². The molecular weight excluding hydrogens is 252 g/mol. The summed E-state index contributed by atoms with van der Waals surface area (Å²) < 4.78 is 5.58. The van der Waals surface area contributed by atoms with Crippen LogP contribution in [-0.4, -0.2) is 18.1 Å². The van der Waals surface area contributed by atoms with Gasteiger partial charge in [0.1, 0.15) is 5.75 Å². The summed E-state index contributed by atoms with van der Waals surface area (Å²) in [5.41, 5.74) is 7.13. The fourth-order valence-corrected chi connectivity index (χ4v) is 1.70. The Kier molecular flexibility index (Phi) is 5.62. The molecule has 110 valence electrons. The number of hydrogen-bond donors (Lipinski definition) is 2. The van der Waals surface area contributed by atoms with E-state index in [1.54, 1.807) is 18.2 Å². The molecule has 0 aliphatic carbocycles. The largest absolute Gasteiger partial charge is 0.483 e. The quantitative estimate of drug-likeness (QED) is 0.594. The maximum atomic E-state index is 11.8. The zero-order valence-corrected chi connectivity index (χ0v) is 12.5. The molecule has 20 heavy (non-hydrogen) atoms. The Balaban J connectivity index is 2.65. The third kappa shape index (κ3) is 4.96. The van der Waals surface area contributed by atoms with Gasteiger partial charge in [0.25, 0.3) is 5.91 Å². The SMILES string of the molecule is C=CCc1cc(N)ccc1OCC(=O)NC(C)(C)CC. The fraction of sp³-hybridized carbons (Fsp3) is 0.438. The number of carbonyl (C=O) groups excluding carboxylic acids is 1. The van der Waals surface area contributed by atoms with Crippen LogP contribution in [0.1, 0.15) is 32.8 Å². The lowest BCUT2D eigenvalue weighted by molar-refractivity contribution is -0.124. The molecule has 0 bridgehead atoms. The minimum atomic E-state index is -0.217. The van der Waals surface area contributed by atoms with Crippen LogP contribution in [-0.2, 0) is 11.2 Å². The summed E-state index contributed by atoms with van der Waals surface area (Å²) >= 11 is 0. The van der Waals surface area contributed by atoms with Crippen molar-refractivity contribution in [2.75, 3.05) is 12.3 Å². The van der Waals surface area contributed by atoms with Gasteiger partial charge >= 0.3 is 0 Å². The van der Waals surface area contributed by atoms with Gasteiger partial charge in [0, 0.05) is 11.2 Å². The van der Waals surface area contributed by atoms with Crippen LogP contribution in [0.25, 0.3) is 0 Å². The van der Waals surface area contributed by atoms with Crippen LogP contribution in [0.4, 0.5) is 5.69 Å². The van der Waals surface area contributed by atoms with Gasteiger partial charge in [0.15, 0.2) is 6.61 Å². The van der Waals surface area contributed by atoms with Crippen molar-refractivity contribution >= 4 is 11.6 Å². The molecule has 0 radical (unpaired) electrons. The first-order valence-electron chi connectivity index (χ1n) is 6.81. The molecule has 0 saturated carbocycles. The van der Waals surface area contributed by atoms with Crippen LogP contribution in [0.2, 0.25) is 0 Å². The summed E-state index contributed by atoms with van der Waals surface area (Å²) in [6.45, 7) is 9.70. The van der Waals surface area contributed by atoms with Crippen molar-refractivity contribution in [3.8, 4) is 5.75 Å². The first kappa shape index (κ1) is 16.1. The zero-order valence-electron chi connectivity index (χ0n) is 12.5. The van der Waals surface area contributed by atoms with Crippen LogP contribution in [0.5, 0.6) is 5.75 Å². The summed E-state index contributed by atoms with van der Waals surface area (Å²) in [5, 5.41) is 2.93. The van der Waals surface area contributed by atoms with E-state index in [4.69, 9.17) is 10.5 Å². The first-order valence-corrected chi connectivity index (χ1v) is 6.81. The van der Waals surface area contributed by atoms with Crippen molar-refractivity contribution in [2.45, 2.75) is 39.2 Å². The number of anilines is 1. The van der Waals surface area contributed by atoms with Gasteiger partial charge in [-0.2, -0.15) is 0 Å². The van der Waals surface area contributed by atoms with Crippen LogP contribution in [0.15, 0.2) is 30.9 Å². The predicted molar refractivity (Wildman–Crippen MR) is 82.8 cm³/mol. The monoisotopic (exact) mass is 276 g/mol. The average molecular weight is 276 g/mol. The van der Waals surface area contributed by atoms with Gasteiger partial charge < -0.3 is 15.8 Å². The molecule has 1 amide bonds. The molecule has 1 aromatic carbocycles. The number of amides is 1. The molecule has 0 aromatic heterocycles. The van der Waals surface area contributed by atoms with E-state index in [-0.39, 0.29) is 18.1 Å². The summed E-state index contributed by atoms with van der Waals surface area (Å²) in [4.78, 5) is 11.8. The molecule has 0 atom stereocenters. The molecule has 4 heteroatoms. The zero-order chi connectivity index (χ0) is 15.2. The highest BCUT2D eigenvalue weighted by molar-refractivity contribution is 5.78. The molecular formula is C16H24N2O2. The van der Waals surface area contributed by atoms with E-state index in [1.807, 2.05) is 26.8 Å².